The Bertz CT molecular complexity index is 904. The molecule has 2 aromatic heterocycles. The van der Waals surface area contributed by atoms with E-state index in [1.165, 1.54) is 19.3 Å². The molecule has 9 heteroatoms. The Kier molecular flexibility index (Phi) is 5.84. The van der Waals surface area contributed by atoms with Gasteiger partial charge < -0.3 is 22.1 Å². The maximum absolute atomic E-state index is 14.5. The highest BCUT2D eigenvalue weighted by molar-refractivity contribution is 5.99. The number of pyridine rings is 2. The number of ketones is 1. The summed E-state index contributed by atoms with van der Waals surface area (Å²) in [5, 5.41) is 5.95. The van der Waals surface area contributed by atoms with Crippen LogP contribution in [0.2, 0.25) is 0 Å². The minimum absolute atomic E-state index is 0.00877. The van der Waals surface area contributed by atoms with E-state index in [2.05, 4.69) is 20.6 Å². The number of nitrogens with two attached hydrogens (primary N) is 2. The Morgan fingerprint density at radius 2 is 1.93 bits per heavy atom. The maximum Gasteiger partial charge on any atom is 0.252 e. The van der Waals surface area contributed by atoms with Crippen LogP contribution in [0, 0.1) is 5.82 Å². The third-order valence-electron chi connectivity index (χ3n) is 4.79. The molecule has 1 saturated carbocycles. The fourth-order valence-corrected chi connectivity index (χ4v) is 3.23. The first-order valence-electron chi connectivity index (χ1n) is 9.10. The highest BCUT2D eigenvalue weighted by Gasteiger charge is 2.24. The summed E-state index contributed by atoms with van der Waals surface area (Å²) in [4.78, 5) is 31.5. The van der Waals surface area contributed by atoms with Gasteiger partial charge in [-0.25, -0.2) is 9.37 Å². The van der Waals surface area contributed by atoms with Crippen LogP contribution >= 0.6 is 0 Å². The number of rotatable bonds is 6. The average Bonchev–Trinajstić information content (AvgIpc) is 2.66. The van der Waals surface area contributed by atoms with Gasteiger partial charge in [-0.2, -0.15) is 0 Å². The highest BCUT2D eigenvalue weighted by Crippen LogP contribution is 2.26. The summed E-state index contributed by atoms with van der Waals surface area (Å²) < 4.78 is 14.5. The Morgan fingerprint density at radius 3 is 2.61 bits per heavy atom. The topological polar surface area (TPSA) is 136 Å². The molecule has 1 aliphatic rings. The van der Waals surface area contributed by atoms with Crippen LogP contribution in [0.4, 0.5) is 21.7 Å². The number of Topliss-reactive ketones (excluding diaryl/α,β-unsaturated/α-hetero) is 1. The second kappa shape index (κ2) is 8.30. The number of primary amides is 1. The second-order valence-corrected chi connectivity index (χ2v) is 6.92. The van der Waals surface area contributed by atoms with Gasteiger partial charge in [-0.1, -0.05) is 12.8 Å². The number of carbonyl (C=O) groups is 2. The highest BCUT2D eigenvalue weighted by atomic mass is 19.1. The first kappa shape index (κ1) is 19.7. The van der Waals surface area contributed by atoms with Crippen LogP contribution in [0.25, 0.3) is 0 Å². The predicted molar refractivity (Wildman–Crippen MR) is 104 cm³/mol. The zero-order chi connectivity index (χ0) is 20.3. The van der Waals surface area contributed by atoms with Crippen LogP contribution in [0.3, 0.4) is 0 Å². The molecule has 0 bridgehead atoms. The lowest BCUT2D eigenvalue weighted by molar-refractivity contribution is 0.0996. The van der Waals surface area contributed by atoms with Gasteiger partial charge in [0.1, 0.15) is 5.82 Å². The van der Waals surface area contributed by atoms with Gasteiger partial charge in [0.2, 0.25) is 0 Å². The number of carbonyl (C=O) groups excluding carboxylic acids is 2. The van der Waals surface area contributed by atoms with Crippen molar-refractivity contribution in [3.8, 4) is 0 Å². The van der Waals surface area contributed by atoms with Crippen molar-refractivity contribution in [1.82, 2.24) is 9.97 Å². The second-order valence-electron chi connectivity index (χ2n) is 6.92. The molecule has 0 radical (unpaired) electrons. The van der Waals surface area contributed by atoms with Gasteiger partial charge >= 0.3 is 0 Å². The van der Waals surface area contributed by atoms with Crippen molar-refractivity contribution in [2.75, 3.05) is 10.6 Å². The number of anilines is 3. The van der Waals surface area contributed by atoms with Crippen molar-refractivity contribution >= 4 is 29.0 Å². The molecule has 3 rings (SSSR count). The van der Waals surface area contributed by atoms with Crippen LogP contribution < -0.4 is 22.1 Å². The van der Waals surface area contributed by atoms with Crippen molar-refractivity contribution < 1.29 is 14.0 Å². The smallest absolute Gasteiger partial charge is 0.252 e. The van der Waals surface area contributed by atoms with E-state index < -0.39 is 11.7 Å². The third-order valence-corrected chi connectivity index (χ3v) is 4.79. The molecular formula is C19H23FN6O2. The monoisotopic (exact) mass is 386 g/mol. The van der Waals surface area contributed by atoms with Crippen LogP contribution in [-0.4, -0.2) is 33.7 Å². The Balaban J connectivity index is 1.93. The zero-order valence-corrected chi connectivity index (χ0v) is 15.5. The van der Waals surface area contributed by atoms with Crippen molar-refractivity contribution in [3.63, 3.8) is 0 Å². The molecule has 0 unspecified atom stereocenters. The summed E-state index contributed by atoms with van der Waals surface area (Å²) in [5.41, 5.74) is 12.2. The molecular weight excluding hydrogens is 363 g/mol. The van der Waals surface area contributed by atoms with Crippen molar-refractivity contribution in [2.24, 2.45) is 11.5 Å². The Labute approximate surface area is 161 Å². The van der Waals surface area contributed by atoms with Gasteiger partial charge in [-0.05, 0) is 31.9 Å². The van der Waals surface area contributed by atoms with Gasteiger partial charge in [0.05, 0.1) is 17.4 Å². The molecule has 1 amide bonds. The van der Waals surface area contributed by atoms with Gasteiger partial charge in [0.25, 0.3) is 5.91 Å². The maximum atomic E-state index is 14.5. The first-order chi connectivity index (χ1) is 13.3. The van der Waals surface area contributed by atoms with E-state index in [-0.39, 0.29) is 35.1 Å². The molecule has 148 valence electrons. The normalized spacial score (nSPS) is 19.1. The van der Waals surface area contributed by atoms with E-state index in [1.807, 2.05) is 0 Å². The van der Waals surface area contributed by atoms with Gasteiger partial charge in [0.15, 0.2) is 17.4 Å². The van der Waals surface area contributed by atoms with E-state index in [4.69, 9.17) is 11.5 Å². The molecule has 6 N–H and O–H groups in total. The lowest BCUT2D eigenvalue weighted by atomic mass is 9.91. The number of halogens is 1. The lowest BCUT2D eigenvalue weighted by Gasteiger charge is -2.30. The van der Waals surface area contributed by atoms with Gasteiger partial charge in [-0.3, -0.25) is 14.6 Å². The summed E-state index contributed by atoms with van der Waals surface area (Å²) >= 11 is 0. The Hall–Kier alpha value is -3.07. The fraction of sp³-hybridized carbons (Fsp3) is 0.368. The van der Waals surface area contributed by atoms with Gasteiger partial charge in [0, 0.05) is 23.8 Å². The van der Waals surface area contributed by atoms with Crippen LogP contribution in [0.15, 0.2) is 24.5 Å². The summed E-state index contributed by atoms with van der Waals surface area (Å²) in [6.45, 7) is 1.42. The van der Waals surface area contributed by atoms with Crippen LogP contribution in [-0.2, 0) is 0 Å². The third kappa shape index (κ3) is 4.42. The molecule has 8 nitrogen and oxygen atoms in total. The SMILES string of the molecule is CC(=O)c1cncc(Nc2nc(N[C@@H]3CCCC[C@@H]3N)c(F)cc2C(N)=O)c1. The molecule has 2 aromatic rings. The molecule has 1 fully saturated rings. The summed E-state index contributed by atoms with van der Waals surface area (Å²) in [7, 11) is 0. The summed E-state index contributed by atoms with van der Waals surface area (Å²) in [6.07, 6.45) is 6.61. The minimum atomic E-state index is -0.828. The number of nitrogens with one attached hydrogen (secondary N) is 2. The van der Waals surface area contributed by atoms with Gasteiger partial charge in [-0.15, -0.1) is 0 Å². The quantitative estimate of drug-likeness (QED) is 0.559. The summed E-state index contributed by atoms with van der Waals surface area (Å²) in [6, 6.07) is 2.40. The van der Waals surface area contributed by atoms with Crippen LogP contribution in [0.1, 0.15) is 53.3 Å². The lowest BCUT2D eigenvalue weighted by Crippen LogP contribution is -2.43. The first-order valence-corrected chi connectivity index (χ1v) is 9.10. The number of hydrogen-bond acceptors (Lipinski definition) is 7. The van der Waals surface area contributed by atoms with E-state index >= 15 is 0 Å². The standard InChI is InChI=1S/C19H23FN6O2/c1-10(27)11-6-12(9-23-8-11)24-18-13(17(22)28)7-14(20)19(26-18)25-16-5-3-2-4-15(16)21/h6-9,15-16H,2-5,21H2,1H3,(H2,22,28)(H2,24,25,26)/t15-,16+/m0/s1. The largest absolute Gasteiger partial charge is 0.365 e. The molecule has 0 aliphatic heterocycles. The molecule has 28 heavy (non-hydrogen) atoms. The molecule has 2 atom stereocenters. The fourth-order valence-electron chi connectivity index (χ4n) is 3.23. The van der Waals surface area contributed by atoms with E-state index in [1.54, 1.807) is 6.07 Å². The molecule has 0 saturated heterocycles. The summed E-state index contributed by atoms with van der Waals surface area (Å²) in [5.74, 6) is -1.61. The number of amides is 1. The Morgan fingerprint density at radius 1 is 1.18 bits per heavy atom. The molecule has 0 spiro atoms. The molecule has 2 heterocycles. The van der Waals surface area contributed by atoms with E-state index in [9.17, 15) is 14.0 Å². The number of nitrogens with zero attached hydrogens (tertiary/aromatic N) is 2. The van der Waals surface area contributed by atoms with Crippen molar-refractivity contribution in [1.29, 1.82) is 0 Å². The zero-order valence-electron chi connectivity index (χ0n) is 15.5. The van der Waals surface area contributed by atoms with E-state index in [0.29, 0.717) is 11.3 Å². The molecule has 0 aromatic carbocycles. The minimum Gasteiger partial charge on any atom is -0.365 e. The van der Waals surface area contributed by atoms with E-state index in [0.717, 1.165) is 31.7 Å². The number of hydrogen-bond donors (Lipinski definition) is 4. The van der Waals surface area contributed by atoms with Crippen molar-refractivity contribution in [2.45, 2.75) is 44.7 Å². The van der Waals surface area contributed by atoms with Crippen molar-refractivity contribution in [3.05, 3.63) is 41.5 Å². The molecule has 1 aliphatic carbocycles. The number of aromatic nitrogens is 2. The van der Waals surface area contributed by atoms with Crippen LogP contribution in [0.5, 0.6) is 0 Å². The average molecular weight is 386 g/mol. The predicted octanol–water partition coefficient (Wildman–Crippen LogP) is 2.34.